The molecule has 0 N–H and O–H groups in total. The van der Waals surface area contributed by atoms with Gasteiger partial charge in [-0.3, -0.25) is 9.34 Å². The predicted octanol–water partition coefficient (Wildman–Crippen LogP) is 5.79. The summed E-state index contributed by atoms with van der Waals surface area (Å²) in [4.78, 5) is 0. The first-order valence-corrected chi connectivity index (χ1v) is 11.4. The highest BCUT2D eigenvalue weighted by Crippen LogP contribution is 2.60. The van der Waals surface area contributed by atoms with Gasteiger partial charge in [-0.15, -0.1) is 0 Å². The van der Waals surface area contributed by atoms with Gasteiger partial charge < -0.3 is 4.42 Å². The van der Waals surface area contributed by atoms with E-state index in [2.05, 4.69) is 9.34 Å². The third kappa shape index (κ3) is 3.68. The number of alkyl halides is 3. The first kappa shape index (κ1) is 19.7. The molecule has 152 valence electrons. The van der Waals surface area contributed by atoms with E-state index in [0.717, 1.165) is 75.3 Å². The van der Waals surface area contributed by atoms with Crippen LogP contribution in [0.1, 0.15) is 37.0 Å². The van der Waals surface area contributed by atoms with E-state index in [0.29, 0.717) is 5.69 Å². The van der Waals surface area contributed by atoms with Gasteiger partial charge in [-0.25, -0.2) is 4.74 Å². The molecular weight excluding hydrogens is 386 g/mol. The Morgan fingerprint density at radius 2 is 1.54 bits per heavy atom. The molecular formula is C20H25F3N3OP. The number of aryl methyl sites for hydroxylation is 1. The van der Waals surface area contributed by atoms with E-state index in [1.54, 1.807) is 6.07 Å². The van der Waals surface area contributed by atoms with Crippen molar-refractivity contribution < 1.29 is 17.6 Å². The van der Waals surface area contributed by atoms with Gasteiger partial charge in [0.1, 0.15) is 5.76 Å². The lowest BCUT2D eigenvalue weighted by molar-refractivity contribution is -0.137. The van der Waals surface area contributed by atoms with Crippen molar-refractivity contribution in [1.82, 2.24) is 9.34 Å². The van der Waals surface area contributed by atoms with E-state index in [4.69, 9.17) is 9.16 Å². The lowest BCUT2D eigenvalue weighted by Gasteiger charge is -2.38. The van der Waals surface area contributed by atoms with Crippen LogP contribution in [0.2, 0.25) is 0 Å². The average Bonchev–Trinajstić information content (AvgIpc) is 3.42. The summed E-state index contributed by atoms with van der Waals surface area (Å²) in [7, 11) is -2.46. The highest BCUT2D eigenvalue weighted by Gasteiger charge is 2.41. The molecule has 0 bridgehead atoms. The summed E-state index contributed by atoms with van der Waals surface area (Å²) in [5.74, 6) is 0.803. The molecule has 2 aromatic rings. The molecule has 2 saturated heterocycles. The third-order valence-corrected chi connectivity index (χ3v) is 9.12. The average molecular weight is 411 g/mol. The zero-order valence-electron chi connectivity index (χ0n) is 16.0. The van der Waals surface area contributed by atoms with Gasteiger partial charge in [0.15, 0.2) is 12.9 Å². The fraction of sp³-hybridized carbons (Fsp3) is 0.500. The second kappa shape index (κ2) is 7.69. The van der Waals surface area contributed by atoms with Crippen LogP contribution in [-0.2, 0) is 6.18 Å². The van der Waals surface area contributed by atoms with Crippen LogP contribution >= 0.6 is 7.36 Å². The lowest BCUT2D eigenvalue weighted by Crippen LogP contribution is -2.34. The zero-order valence-corrected chi connectivity index (χ0v) is 16.8. The number of halogens is 3. The summed E-state index contributed by atoms with van der Waals surface area (Å²) in [6, 6.07) is 9.27. The Kier molecular flexibility index (Phi) is 5.43. The first-order valence-electron chi connectivity index (χ1n) is 9.77. The molecule has 8 heteroatoms. The summed E-state index contributed by atoms with van der Waals surface area (Å²) in [5.41, 5.74) is 0.507. The number of rotatable bonds is 4. The van der Waals surface area contributed by atoms with Gasteiger partial charge >= 0.3 is 6.18 Å². The van der Waals surface area contributed by atoms with Gasteiger partial charge in [0.25, 0.3) is 0 Å². The van der Waals surface area contributed by atoms with Crippen LogP contribution in [0.25, 0.3) is 0 Å². The molecule has 0 amide bonds. The fourth-order valence-corrected chi connectivity index (χ4v) is 8.02. The standard InChI is InChI=1S/C20H25F3N3OP/c1-16-9-10-19(27-16)28(25-11-2-3-12-25,26-13-4-5-14-26)24-18-8-6-7-17(15-18)20(21,22)23/h6-10,15H,2-5,11-14H2,1H3. The molecule has 0 unspecified atom stereocenters. The molecule has 2 aliphatic heterocycles. The van der Waals surface area contributed by atoms with Crippen LogP contribution in [0, 0.1) is 6.92 Å². The van der Waals surface area contributed by atoms with Crippen molar-refractivity contribution in [2.24, 2.45) is 4.74 Å². The van der Waals surface area contributed by atoms with Crippen molar-refractivity contribution in [3.8, 4) is 0 Å². The summed E-state index contributed by atoms with van der Waals surface area (Å²) in [6.45, 7) is 5.48. The van der Waals surface area contributed by atoms with Crippen molar-refractivity contribution in [2.75, 3.05) is 26.2 Å². The molecule has 28 heavy (non-hydrogen) atoms. The topological polar surface area (TPSA) is 32.0 Å². The number of hydrogen-bond acceptors (Lipinski definition) is 2. The monoisotopic (exact) mass is 411 g/mol. The summed E-state index contributed by atoms with van der Waals surface area (Å²) in [5, 5.41) is 0. The minimum Gasteiger partial charge on any atom is -0.457 e. The van der Waals surface area contributed by atoms with Crippen LogP contribution in [0.5, 0.6) is 0 Å². The van der Waals surface area contributed by atoms with Gasteiger partial charge in [-0.05, 0) is 62.9 Å². The van der Waals surface area contributed by atoms with Gasteiger partial charge in [-0.2, -0.15) is 13.2 Å². The van der Waals surface area contributed by atoms with Crippen molar-refractivity contribution in [3.63, 3.8) is 0 Å². The van der Waals surface area contributed by atoms with Crippen molar-refractivity contribution in [2.45, 2.75) is 38.8 Å². The fourth-order valence-electron chi connectivity index (χ4n) is 4.08. The zero-order chi connectivity index (χ0) is 19.8. The van der Waals surface area contributed by atoms with Gasteiger partial charge in [0, 0.05) is 26.2 Å². The van der Waals surface area contributed by atoms with Gasteiger partial charge in [0.2, 0.25) is 0 Å². The van der Waals surface area contributed by atoms with E-state index in [9.17, 15) is 13.2 Å². The van der Waals surface area contributed by atoms with E-state index in [1.807, 2.05) is 19.1 Å². The number of furan rings is 1. The minimum absolute atomic E-state index is 0.371. The van der Waals surface area contributed by atoms with Crippen molar-refractivity contribution >= 4 is 18.5 Å². The Bertz CT molecular complexity index is 861. The van der Waals surface area contributed by atoms with Crippen LogP contribution in [0.3, 0.4) is 0 Å². The Labute approximate surface area is 163 Å². The van der Waals surface area contributed by atoms with E-state index < -0.39 is 19.1 Å². The molecule has 2 fully saturated rings. The third-order valence-electron chi connectivity index (χ3n) is 5.40. The smallest absolute Gasteiger partial charge is 0.416 e. The van der Waals surface area contributed by atoms with Crippen LogP contribution in [0.4, 0.5) is 18.9 Å². The molecule has 3 heterocycles. The highest BCUT2D eigenvalue weighted by molar-refractivity contribution is 7.69. The molecule has 1 aromatic heterocycles. The molecule has 4 rings (SSSR count). The van der Waals surface area contributed by atoms with Crippen molar-refractivity contribution in [3.05, 3.63) is 47.7 Å². The summed E-state index contributed by atoms with van der Waals surface area (Å²) < 4.78 is 55.7. The second-order valence-corrected chi connectivity index (χ2v) is 10.3. The predicted molar refractivity (Wildman–Crippen MR) is 105 cm³/mol. The van der Waals surface area contributed by atoms with E-state index >= 15 is 0 Å². The number of nitrogens with zero attached hydrogens (tertiary/aromatic N) is 3. The maximum Gasteiger partial charge on any atom is 0.416 e. The van der Waals surface area contributed by atoms with Gasteiger partial charge in [0.05, 0.1) is 11.3 Å². The van der Waals surface area contributed by atoms with Crippen LogP contribution < -0.4 is 5.50 Å². The largest absolute Gasteiger partial charge is 0.457 e. The molecule has 0 spiro atoms. The maximum absolute atomic E-state index is 13.3. The Hall–Kier alpha value is -1.56. The summed E-state index contributed by atoms with van der Waals surface area (Å²) in [6.07, 6.45) is -0.0727. The Morgan fingerprint density at radius 3 is 2.04 bits per heavy atom. The van der Waals surface area contributed by atoms with E-state index in [-0.39, 0.29) is 0 Å². The van der Waals surface area contributed by atoms with E-state index in [1.165, 1.54) is 6.07 Å². The minimum atomic E-state index is -4.38. The number of benzene rings is 1. The highest BCUT2D eigenvalue weighted by atomic mass is 31.2. The second-order valence-electron chi connectivity index (χ2n) is 7.42. The van der Waals surface area contributed by atoms with Crippen LogP contribution in [0.15, 0.2) is 45.6 Å². The Balaban J connectivity index is 1.92. The van der Waals surface area contributed by atoms with Gasteiger partial charge in [-0.1, -0.05) is 6.07 Å². The van der Waals surface area contributed by atoms with Crippen molar-refractivity contribution in [1.29, 1.82) is 0 Å². The normalized spacial score (nSPS) is 19.4. The molecule has 2 aliphatic rings. The molecule has 0 atom stereocenters. The molecule has 0 radical (unpaired) electrons. The quantitative estimate of drug-likeness (QED) is 0.597. The molecule has 4 nitrogen and oxygen atoms in total. The van der Waals surface area contributed by atoms with Crippen LogP contribution in [-0.4, -0.2) is 35.5 Å². The summed E-state index contributed by atoms with van der Waals surface area (Å²) >= 11 is 0. The number of hydrogen-bond donors (Lipinski definition) is 0. The lowest BCUT2D eigenvalue weighted by atomic mass is 10.2. The SMILES string of the molecule is Cc1ccc(P(=Nc2cccc(C(F)(F)F)c2)(N2CCCC2)N2CCCC2)o1. The molecule has 0 aliphatic carbocycles. The molecule has 0 saturated carbocycles. The molecule has 1 aromatic carbocycles. The first-order chi connectivity index (χ1) is 13.4. The maximum atomic E-state index is 13.3. The Morgan fingerprint density at radius 1 is 0.929 bits per heavy atom.